The van der Waals surface area contributed by atoms with E-state index in [0.29, 0.717) is 12.0 Å². The monoisotopic (exact) mass is 346 g/mol. The van der Waals surface area contributed by atoms with E-state index in [1.807, 2.05) is 0 Å². The Balaban J connectivity index is 2.21. The lowest BCUT2D eigenvalue weighted by atomic mass is 10.0. The number of methoxy groups -OCH3 is 1. The number of rotatable bonds is 8. The lowest BCUT2D eigenvalue weighted by molar-refractivity contribution is -0.0273. The molecule has 0 bridgehead atoms. The fourth-order valence-corrected chi connectivity index (χ4v) is 2.34. The summed E-state index contributed by atoms with van der Waals surface area (Å²) in [6.45, 7) is 3.63. The van der Waals surface area contributed by atoms with E-state index in [4.69, 9.17) is 9.47 Å². The third-order valence-corrected chi connectivity index (χ3v) is 3.65. The van der Waals surface area contributed by atoms with E-state index in [2.05, 4.69) is 6.58 Å². The van der Waals surface area contributed by atoms with Crippen LogP contribution < -0.4 is 4.74 Å². The molecule has 0 saturated carbocycles. The standard InChI is InChI=1S/C19H22O6/c1-3-4-12-5-7-14(20)18(9-12)25-17-8-6-13(10-15(17)21)19(23)16(22)11-24-2/h3,5-10,16,19-23H,1,4,11H2,2H3. The number of phenolic OH excluding ortho intramolecular Hbond substituents is 2. The summed E-state index contributed by atoms with van der Waals surface area (Å²) >= 11 is 0. The normalized spacial score (nSPS) is 13.2. The van der Waals surface area contributed by atoms with Crippen molar-refractivity contribution >= 4 is 0 Å². The summed E-state index contributed by atoms with van der Waals surface area (Å²) in [7, 11) is 1.41. The van der Waals surface area contributed by atoms with Crippen LogP contribution in [0, 0.1) is 0 Å². The van der Waals surface area contributed by atoms with Crippen LogP contribution in [0.3, 0.4) is 0 Å². The Morgan fingerprint density at radius 3 is 2.44 bits per heavy atom. The van der Waals surface area contributed by atoms with Gasteiger partial charge in [0.25, 0.3) is 0 Å². The molecule has 6 nitrogen and oxygen atoms in total. The maximum atomic E-state index is 10.1. The number of allylic oxidation sites excluding steroid dienone is 1. The predicted molar refractivity (Wildman–Crippen MR) is 93.0 cm³/mol. The molecule has 2 unspecified atom stereocenters. The Kier molecular flexibility index (Phi) is 6.41. The molecular weight excluding hydrogens is 324 g/mol. The van der Waals surface area contributed by atoms with Gasteiger partial charge in [-0.05, 0) is 41.8 Å². The van der Waals surface area contributed by atoms with Gasteiger partial charge in [-0.2, -0.15) is 0 Å². The second kappa shape index (κ2) is 8.53. The minimum Gasteiger partial charge on any atom is -0.504 e. The van der Waals surface area contributed by atoms with Gasteiger partial charge in [0.2, 0.25) is 0 Å². The first-order valence-electron chi connectivity index (χ1n) is 7.75. The number of aliphatic hydroxyl groups is 2. The van der Waals surface area contributed by atoms with Gasteiger partial charge in [0.1, 0.15) is 12.2 Å². The number of ether oxygens (including phenoxy) is 2. The SMILES string of the molecule is C=CCc1ccc(O)c(Oc2ccc(C(O)C(O)COC)cc2O)c1. The van der Waals surface area contributed by atoms with Gasteiger partial charge in [-0.3, -0.25) is 0 Å². The van der Waals surface area contributed by atoms with Crippen LogP contribution in [0.4, 0.5) is 0 Å². The highest BCUT2D eigenvalue weighted by molar-refractivity contribution is 5.49. The average Bonchev–Trinajstić information content (AvgIpc) is 2.59. The molecule has 0 aromatic heterocycles. The number of hydrogen-bond acceptors (Lipinski definition) is 6. The smallest absolute Gasteiger partial charge is 0.169 e. The molecule has 4 N–H and O–H groups in total. The number of hydrogen-bond donors (Lipinski definition) is 4. The van der Waals surface area contributed by atoms with Gasteiger partial charge in [-0.15, -0.1) is 6.58 Å². The largest absolute Gasteiger partial charge is 0.504 e. The van der Waals surface area contributed by atoms with Crippen molar-refractivity contribution in [2.45, 2.75) is 18.6 Å². The van der Waals surface area contributed by atoms with Crippen LogP contribution in [0.25, 0.3) is 0 Å². The van der Waals surface area contributed by atoms with E-state index < -0.39 is 12.2 Å². The Hall–Kier alpha value is -2.54. The number of aliphatic hydroxyl groups excluding tert-OH is 2. The molecule has 0 spiro atoms. The molecule has 134 valence electrons. The molecule has 0 fully saturated rings. The molecule has 2 rings (SSSR count). The van der Waals surface area contributed by atoms with Crippen molar-refractivity contribution in [3.63, 3.8) is 0 Å². The molecular formula is C19H22O6. The summed E-state index contributed by atoms with van der Waals surface area (Å²) in [6, 6.07) is 9.17. The molecule has 2 aromatic rings. The first kappa shape index (κ1) is 18.8. The third kappa shape index (κ3) is 4.73. The zero-order valence-electron chi connectivity index (χ0n) is 13.9. The summed E-state index contributed by atoms with van der Waals surface area (Å²) in [5.74, 6) is 0.0205. The molecule has 2 atom stereocenters. The van der Waals surface area contributed by atoms with E-state index in [1.165, 1.54) is 31.4 Å². The van der Waals surface area contributed by atoms with Gasteiger partial charge in [0.05, 0.1) is 6.61 Å². The highest BCUT2D eigenvalue weighted by Crippen LogP contribution is 2.37. The van der Waals surface area contributed by atoms with Crippen molar-refractivity contribution in [1.82, 2.24) is 0 Å². The van der Waals surface area contributed by atoms with Crippen LogP contribution in [0.1, 0.15) is 17.2 Å². The fraction of sp³-hybridized carbons (Fsp3) is 0.263. The molecule has 0 heterocycles. The van der Waals surface area contributed by atoms with Crippen LogP contribution >= 0.6 is 0 Å². The second-order valence-electron chi connectivity index (χ2n) is 5.59. The summed E-state index contributed by atoms with van der Waals surface area (Å²) in [5.41, 5.74) is 1.22. The summed E-state index contributed by atoms with van der Waals surface area (Å²) in [4.78, 5) is 0. The lowest BCUT2D eigenvalue weighted by Crippen LogP contribution is -2.23. The number of aromatic hydroxyl groups is 2. The van der Waals surface area contributed by atoms with Crippen molar-refractivity contribution < 1.29 is 29.9 Å². The third-order valence-electron chi connectivity index (χ3n) is 3.65. The maximum absolute atomic E-state index is 10.1. The van der Waals surface area contributed by atoms with Gasteiger partial charge in [0.15, 0.2) is 23.0 Å². The van der Waals surface area contributed by atoms with Gasteiger partial charge in [-0.25, -0.2) is 0 Å². The van der Waals surface area contributed by atoms with Crippen molar-refractivity contribution in [2.24, 2.45) is 0 Å². The average molecular weight is 346 g/mol. The van der Waals surface area contributed by atoms with Gasteiger partial charge in [0, 0.05) is 7.11 Å². The van der Waals surface area contributed by atoms with E-state index >= 15 is 0 Å². The zero-order valence-corrected chi connectivity index (χ0v) is 13.9. The maximum Gasteiger partial charge on any atom is 0.169 e. The minimum absolute atomic E-state index is 0.0376. The van der Waals surface area contributed by atoms with Crippen molar-refractivity contribution in [1.29, 1.82) is 0 Å². The topological polar surface area (TPSA) is 99.4 Å². The molecule has 0 aliphatic carbocycles. The van der Waals surface area contributed by atoms with E-state index in [0.717, 1.165) is 5.56 Å². The Morgan fingerprint density at radius 1 is 1.04 bits per heavy atom. The molecule has 0 aliphatic rings. The van der Waals surface area contributed by atoms with Crippen LogP contribution in [0.5, 0.6) is 23.0 Å². The summed E-state index contributed by atoms with van der Waals surface area (Å²) in [6.07, 6.45) is 0.0281. The first-order valence-corrected chi connectivity index (χ1v) is 7.75. The molecule has 0 radical (unpaired) electrons. The molecule has 0 saturated heterocycles. The zero-order chi connectivity index (χ0) is 18.4. The predicted octanol–water partition coefficient (Wildman–Crippen LogP) is 2.66. The van der Waals surface area contributed by atoms with Crippen molar-refractivity contribution in [3.8, 4) is 23.0 Å². The van der Waals surface area contributed by atoms with Crippen LogP contribution in [0.2, 0.25) is 0 Å². The van der Waals surface area contributed by atoms with Gasteiger partial charge in [-0.1, -0.05) is 18.2 Å². The molecule has 0 aliphatic heterocycles. The molecule has 25 heavy (non-hydrogen) atoms. The Morgan fingerprint density at radius 2 is 1.80 bits per heavy atom. The van der Waals surface area contributed by atoms with Crippen molar-refractivity contribution in [2.75, 3.05) is 13.7 Å². The number of benzene rings is 2. The van der Waals surface area contributed by atoms with Gasteiger partial charge >= 0.3 is 0 Å². The van der Waals surface area contributed by atoms with Gasteiger partial charge < -0.3 is 29.9 Å². The number of phenols is 2. The quantitative estimate of drug-likeness (QED) is 0.549. The fourth-order valence-electron chi connectivity index (χ4n) is 2.34. The van der Waals surface area contributed by atoms with E-state index in [1.54, 1.807) is 18.2 Å². The lowest BCUT2D eigenvalue weighted by Gasteiger charge is -2.18. The summed E-state index contributed by atoms with van der Waals surface area (Å²) in [5, 5.41) is 39.8. The highest BCUT2D eigenvalue weighted by atomic mass is 16.5. The second-order valence-corrected chi connectivity index (χ2v) is 5.59. The summed E-state index contributed by atoms with van der Waals surface area (Å²) < 4.78 is 10.4. The van der Waals surface area contributed by atoms with E-state index in [9.17, 15) is 20.4 Å². The van der Waals surface area contributed by atoms with E-state index in [-0.39, 0.29) is 29.6 Å². The Labute approximate surface area is 146 Å². The van der Waals surface area contributed by atoms with Crippen LogP contribution in [-0.4, -0.2) is 40.2 Å². The molecule has 2 aromatic carbocycles. The van der Waals surface area contributed by atoms with Crippen LogP contribution in [0.15, 0.2) is 49.1 Å². The minimum atomic E-state index is -1.20. The van der Waals surface area contributed by atoms with Crippen molar-refractivity contribution in [3.05, 3.63) is 60.2 Å². The molecule has 6 heteroatoms. The Bertz CT molecular complexity index is 728. The molecule has 0 amide bonds. The highest BCUT2D eigenvalue weighted by Gasteiger charge is 2.20. The first-order chi connectivity index (χ1) is 12.0. The van der Waals surface area contributed by atoms with Crippen LogP contribution in [-0.2, 0) is 11.2 Å².